The molecule has 1 unspecified atom stereocenters. The van der Waals surface area contributed by atoms with Gasteiger partial charge in [0.15, 0.2) is 5.60 Å². The summed E-state index contributed by atoms with van der Waals surface area (Å²) < 4.78 is 0.571. The number of carbonyl (C=O) groups is 1. The van der Waals surface area contributed by atoms with Gasteiger partial charge in [0.2, 0.25) is 0 Å². The van der Waals surface area contributed by atoms with Gasteiger partial charge in [0.1, 0.15) is 0 Å². The molecule has 19 heavy (non-hydrogen) atoms. The molecule has 0 aromatic heterocycles. The van der Waals surface area contributed by atoms with Crippen molar-refractivity contribution < 1.29 is 15.0 Å². The van der Waals surface area contributed by atoms with Crippen molar-refractivity contribution in [3.8, 4) is 11.1 Å². The summed E-state index contributed by atoms with van der Waals surface area (Å²) in [6.07, 6.45) is 0. The van der Waals surface area contributed by atoms with Crippen LogP contribution in [0.15, 0.2) is 53.0 Å². The number of aliphatic hydroxyl groups is 1. The summed E-state index contributed by atoms with van der Waals surface area (Å²) in [7, 11) is 0. The normalized spacial score (nSPS) is 13.8. The van der Waals surface area contributed by atoms with Gasteiger partial charge in [-0.1, -0.05) is 58.4 Å². The summed E-state index contributed by atoms with van der Waals surface area (Å²) in [6.45, 7) is 1.26. The summed E-state index contributed by atoms with van der Waals surface area (Å²) in [5.41, 5.74) is 0.412. The van der Waals surface area contributed by atoms with E-state index in [1.165, 1.54) is 6.92 Å². The first-order chi connectivity index (χ1) is 8.93. The molecule has 0 aliphatic rings. The van der Waals surface area contributed by atoms with Crippen molar-refractivity contribution in [1.82, 2.24) is 0 Å². The lowest BCUT2D eigenvalue weighted by atomic mass is 9.94. The van der Waals surface area contributed by atoms with E-state index in [4.69, 9.17) is 5.11 Å². The van der Waals surface area contributed by atoms with E-state index in [0.717, 1.165) is 11.1 Å². The van der Waals surface area contributed by atoms with Crippen molar-refractivity contribution in [2.75, 3.05) is 0 Å². The highest BCUT2D eigenvalue weighted by Gasteiger charge is 2.34. The largest absolute Gasteiger partial charge is 0.479 e. The van der Waals surface area contributed by atoms with Crippen LogP contribution in [0.1, 0.15) is 12.5 Å². The van der Waals surface area contributed by atoms with Crippen molar-refractivity contribution >= 4 is 21.9 Å². The highest BCUT2D eigenvalue weighted by Crippen LogP contribution is 2.32. The monoisotopic (exact) mass is 320 g/mol. The van der Waals surface area contributed by atoms with E-state index in [2.05, 4.69) is 15.9 Å². The maximum Gasteiger partial charge on any atom is 0.340 e. The molecule has 2 aromatic rings. The van der Waals surface area contributed by atoms with E-state index in [1.54, 1.807) is 12.1 Å². The van der Waals surface area contributed by atoms with E-state index >= 15 is 0 Å². The Hall–Kier alpha value is -1.65. The van der Waals surface area contributed by atoms with E-state index in [0.29, 0.717) is 10.0 Å². The first kappa shape index (κ1) is 13.8. The van der Waals surface area contributed by atoms with E-state index in [9.17, 15) is 9.90 Å². The van der Waals surface area contributed by atoms with Crippen LogP contribution in [-0.4, -0.2) is 16.2 Å². The van der Waals surface area contributed by atoms with Gasteiger partial charge in [-0.25, -0.2) is 4.79 Å². The number of hydrogen-bond acceptors (Lipinski definition) is 2. The summed E-state index contributed by atoms with van der Waals surface area (Å²) >= 11 is 3.33. The van der Waals surface area contributed by atoms with E-state index < -0.39 is 11.6 Å². The molecule has 0 amide bonds. The van der Waals surface area contributed by atoms with Crippen LogP contribution in [0.3, 0.4) is 0 Å². The fourth-order valence-corrected chi connectivity index (χ4v) is 2.60. The first-order valence-electron chi connectivity index (χ1n) is 5.74. The Morgan fingerprint density at radius 3 is 2.26 bits per heavy atom. The molecule has 0 spiro atoms. The Morgan fingerprint density at radius 2 is 1.74 bits per heavy atom. The summed E-state index contributed by atoms with van der Waals surface area (Å²) in [4.78, 5) is 11.1. The van der Waals surface area contributed by atoms with Crippen molar-refractivity contribution in [3.05, 3.63) is 58.6 Å². The van der Waals surface area contributed by atoms with Gasteiger partial charge in [-0.3, -0.25) is 0 Å². The van der Waals surface area contributed by atoms with Gasteiger partial charge in [0.05, 0.1) is 0 Å². The molecule has 0 aliphatic heterocycles. The van der Waals surface area contributed by atoms with Gasteiger partial charge >= 0.3 is 5.97 Å². The molecular weight excluding hydrogens is 308 g/mol. The minimum atomic E-state index is -1.91. The molecule has 0 saturated heterocycles. The number of halogens is 1. The second-order valence-electron chi connectivity index (χ2n) is 4.44. The quantitative estimate of drug-likeness (QED) is 0.911. The molecule has 2 N–H and O–H groups in total. The van der Waals surface area contributed by atoms with Crippen molar-refractivity contribution in [2.24, 2.45) is 0 Å². The second kappa shape index (κ2) is 5.15. The summed E-state index contributed by atoms with van der Waals surface area (Å²) in [5.74, 6) is -1.28. The van der Waals surface area contributed by atoms with Gasteiger partial charge < -0.3 is 10.2 Å². The lowest BCUT2D eigenvalue weighted by molar-refractivity contribution is -0.157. The minimum absolute atomic E-state index is 0.333. The lowest BCUT2D eigenvalue weighted by Gasteiger charge is -2.20. The fourth-order valence-electron chi connectivity index (χ4n) is 1.84. The number of aliphatic carboxylic acids is 1. The molecule has 0 saturated carbocycles. The van der Waals surface area contributed by atoms with Gasteiger partial charge in [-0.05, 0) is 24.1 Å². The molecule has 4 heteroatoms. The number of rotatable bonds is 3. The van der Waals surface area contributed by atoms with Crippen LogP contribution in [0.5, 0.6) is 0 Å². The second-order valence-corrected chi connectivity index (χ2v) is 5.29. The molecule has 0 bridgehead atoms. The first-order valence-corrected chi connectivity index (χ1v) is 6.53. The van der Waals surface area contributed by atoms with Crippen LogP contribution in [0, 0.1) is 0 Å². The van der Waals surface area contributed by atoms with Gasteiger partial charge in [-0.15, -0.1) is 0 Å². The Kier molecular flexibility index (Phi) is 3.73. The molecular formula is C15H13BrO3. The fraction of sp³-hybridized carbons (Fsp3) is 0.133. The van der Waals surface area contributed by atoms with Crippen LogP contribution < -0.4 is 0 Å². The Morgan fingerprint density at radius 1 is 1.11 bits per heavy atom. The number of carboxylic acid groups (broad SMARTS) is 1. The predicted octanol–water partition coefficient (Wildman–Crippen LogP) is 3.41. The average molecular weight is 321 g/mol. The standard InChI is InChI=1S/C15H13BrO3/c1-15(19,14(17)18)12-8-7-11(9-13(12)16)10-5-3-2-4-6-10/h2-9,19H,1H3,(H,17,18). The smallest absolute Gasteiger partial charge is 0.340 e. The number of hydrogen-bond donors (Lipinski definition) is 2. The zero-order valence-corrected chi connectivity index (χ0v) is 11.9. The molecule has 0 heterocycles. The third-order valence-electron chi connectivity index (χ3n) is 3.02. The van der Waals surface area contributed by atoms with Crippen LogP contribution >= 0.6 is 15.9 Å². The van der Waals surface area contributed by atoms with Crippen molar-refractivity contribution in [3.63, 3.8) is 0 Å². The molecule has 0 aliphatic carbocycles. The van der Waals surface area contributed by atoms with Crippen molar-refractivity contribution in [1.29, 1.82) is 0 Å². The van der Waals surface area contributed by atoms with Crippen LogP contribution in [-0.2, 0) is 10.4 Å². The highest BCUT2D eigenvalue weighted by molar-refractivity contribution is 9.10. The van der Waals surface area contributed by atoms with Gasteiger partial charge in [0.25, 0.3) is 0 Å². The topological polar surface area (TPSA) is 57.5 Å². The zero-order valence-electron chi connectivity index (χ0n) is 10.3. The SMILES string of the molecule is CC(O)(C(=O)O)c1ccc(-c2ccccc2)cc1Br. The molecule has 0 fully saturated rings. The molecule has 0 radical (unpaired) electrons. The lowest BCUT2D eigenvalue weighted by Crippen LogP contribution is -2.32. The maximum atomic E-state index is 11.1. The molecule has 1 atom stereocenters. The highest BCUT2D eigenvalue weighted by atomic mass is 79.9. The number of benzene rings is 2. The molecule has 98 valence electrons. The van der Waals surface area contributed by atoms with E-state index in [-0.39, 0.29) is 0 Å². The Balaban J connectivity index is 2.47. The van der Waals surface area contributed by atoms with Gasteiger partial charge in [0, 0.05) is 10.0 Å². The van der Waals surface area contributed by atoms with Gasteiger partial charge in [-0.2, -0.15) is 0 Å². The predicted molar refractivity (Wildman–Crippen MR) is 76.8 cm³/mol. The Labute approximate surface area is 119 Å². The zero-order chi connectivity index (χ0) is 14.0. The summed E-state index contributed by atoms with van der Waals surface area (Å²) in [6, 6.07) is 15.0. The maximum absolute atomic E-state index is 11.1. The van der Waals surface area contributed by atoms with Crippen LogP contribution in [0.4, 0.5) is 0 Å². The third-order valence-corrected chi connectivity index (χ3v) is 3.67. The van der Waals surface area contributed by atoms with Crippen molar-refractivity contribution in [2.45, 2.75) is 12.5 Å². The molecule has 2 aromatic carbocycles. The Bertz CT molecular complexity index is 606. The average Bonchev–Trinajstić information content (AvgIpc) is 2.39. The van der Waals surface area contributed by atoms with Crippen LogP contribution in [0.25, 0.3) is 11.1 Å². The summed E-state index contributed by atoms with van der Waals surface area (Å²) in [5, 5.41) is 19.0. The molecule has 3 nitrogen and oxygen atoms in total. The third kappa shape index (κ3) is 2.69. The van der Waals surface area contributed by atoms with Crippen LogP contribution in [0.2, 0.25) is 0 Å². The number of carboxylic acids is 1. The minimum Gasteiger partial charge on any atom is -0.479 e. The molecule has 2 rings (SSSR count). The van der Waals surface area contributed by atoms with E-state index in [1.807, 2.05) is 36.4 Å².